The molecule has 1 saturated heterocycles. The summed E-state index contributed by atoms with van der Waals surface area (Å²) in [5.74, 6) is 1.08. The summed E-state index contributed by atoms with van der Waals surface area (Å²) in [6, 6.07) is 15.0. The van der Waals surface area contributed by atoms with Gasteiger partial charge in [-0.15, -0.1) is 0 Å². The maximum absolute atomic E-state index is 12.6. The second-order valence-corrected chi connectivity index (χ2v) is 8.52. The molecule has 0 unspecified atom stereocenters. The van der Waals surface area contributed by atoms with Crippen molar-refractivity contribution in [2.24, 2.45) is 0 Å². The van der Waals surface area contributed by atoms with Crippen molar-refractivity contribution < 1.29 is 23.7 Å². The van der Waals surface area contributed by atoms with Crippen LogP contribution in [0, 0.1) is 0 Å². The van der Waals surface area contributed by atoms with Crippen molar-refractivity contribution in [2.45, 2.75) is 38.6 Å². The summed E-state index contributed by atoms with van der Waals surface area (Å²) < 4.78 is 23.4. The van der Waals surface area contributed by atoms with E-state index >= 15 is 0 Å². The van der Waals surface area contributed by atoms with Gasteiger partial charge in [0.05, 0.1) is 20.3 Å². The number of nitrogens with zero attached hydrogens (tertiary/aromatic N) is 1. The third-order valence-electron chi connectivity index (χ3n) is 4.59. The largest absolute Gasteiger partial charge is 0.493 e. The fraction of sp³-hybridized carbons (Fsp3) is 0.435. The van der Waals surface area contributed by atoms with Crippen LogP contribution in [-0.2, 0) is 9.47 Å². The fourth-order valence-electron chi connectivity index (χ4n) is 3.23. The summed E-state index contributed by atoms with van der Waals surface area (Å²) in [5, 5.41) is 0.556. The van der Waals surface area contributed by atoms with Gasteiger partial charge in [-0.05, 0) is 38.5 Å². The Morgan fingerprint density at radius 3 is 2.57 bits per heavy atom. The van der Waals surface area contributed by atoms with Crippen LogP contribution in [0.4, 0.5) is 4.79 Å². The first-order valence-corrected chi connectivity index (χ1v) is 10.3. The number of halogens is 1. The maximum atomic E-state index is 12.6. The molecule has 2 aromatic rings. The summed E-state index contributed by atoms with van der Waals surface area (Å²) in [5.41, 5.74) is 0.377. The molecule has 1 amide bonds. The first-order valence-electron chi connectivity index (χ1n) is 9.91. The number of methoxy groups -OCH3 is 1. The quantitative estimate of drug-likeness (QED) is 0.656. The van der Waals surface area contributed by atoms with Crippen molar-refractivity contribution in [3.8, 4) is 11.5 Å². The Balaban J connectivity index is 1.85. The number of hydrogen-bond acceptors (Lipinski definition) is 5. The molecule has 2 aromatic carbocycles. The zero-order valence-electron chi connectivity index (χ0n) is 17.8. The van der Waals surface area contributed by atoms with Gasteiger partial charge in [-0.2, -0.15) is 0 Å². The Hall–Kier alpha value is -2.44. The molecule has 0 N–H and O–H groups in total. The van der Waals surface area contributed by atoms with Gasteiger partial charge in [0.25, 0.3) is 0 Å². The first kappa shape index (κ1) is 22.2. The molecule has 1 heterocycles. The molecule has 0 aromatic heterocycles. The van der Waals surface area contributed by atoms with Gasteiger partial charge in [-0.3, -0.25) is 0 Å². The summed E-state index contributed by atoms with van der Waals surface area (Å²) in [6.45, 7) is 6.78. The molecule has 162 valence electrons. The maximum Gasteiger partial charge on any atom is 0.410 e. The third kappa shape index (κ3) is 5.80. The zero-order valence-corrected chi connectivity index (χ0v) is 18.5. The average Bonchev–Trinajstić information content (AvgIpc) is 2.72. The van der Waals surface area contributed by atoms with Gasteiger partial charge in [0.2, 0.25) is 0 Å². The lowest BCUT2D eigenvalue weighted by molar-refractivity contribution is -0.0840. The van der Waals surface area contributed by atoms with Crippen LogP contribution < -0.4 is 9.47 Å². The number of amides is 1. The van der Waals surface area contributed by atoms with Crippen LogP contribution in [0.25, 0.3) is 0 Å². The van der Waals surface area contributed by atoms with E-state index in [9.17, 15) is 4.79 Å². The van der Waals surface area contributed by atoms with Crippen LogP contribution in [0.3, 0.4) is 0 Å². The molecule has 0 radical (unpaired) electrons. The van der Waals surface area contributed by atoms with Gasteiger partial charge in [-0.25, -0.2) is 4.79 Å². The van der Waals surface area contributed by atoms with E-state index in [-0.39, 0.29) is 12.2 Å². The van der Waals surface area contributed by atoms with E-state index in [1.54, 1.807) is 30.2 Å². The summed E-state index contributed by atoms with van der Waals surface area (Å²) in [7, 11) is 1.57. The van der Waals surface area contributed by atoms with Crippen molar-refractivity contribution >= 4 is 17.7 Å². The van der Waals surface area contributed by atoms with Crippen molar-refractivity contribution in [3.05, 3.63) is 59.1 Å². The van der Waals surface area contributed by atoms with E-state index in [0.29, 0.717) is 36.2 Å². The lowest BCUT2D eigenvalue weighted by Crippen LogP contribution is -2.50. The minimum atomic E-state index is -0.559. The molecule has 7 heteroatoms. The number of carbonyl (C=O) groups excluding carboxylic acids is 1. The van der Waals surface area contributed by atoms with Crippen LogP contribution in [-0.4, -0.2) is 49.5 Å². The Morgan fingerprint density at radius 1 is 1.17 bits per heavy atom. The predicted octanol–water partition coefficient (Wildman–Crippen LogP) is 5.10. The smallest absolute Gasteiger partial charge is 0.410 e. The van der Waals surface area contributed by atoms with Crippen molar-refractivity contribution in [1.29, 1.82) is 0 Å². The number of benzene rings is 2. The minimum absolute atomic E-state index is 0.352. The van der Waals surface area contributed by atoms with Gasteiger partial charge >= 0.3 is 6.09 Å². The monoisotopic (exact) mass is 433 g/mol. The molecule has 1 fully saturated rings. The summed E-state index contributed by atoms with van der Waals surface area (Å²) >= 11 is 6.09. The van der Waals surface area contributed by atoms with E-state index in [4.69, 9.17) is 30.5 Å². The standard InChI is InChI=1S/C23H28ClNO5/c1-23(2,3)30-22(26)25-12-13-28-20(15-25)21(16-8-6-5-7-9-16)29-18-11-10-17(24)14-19(18)27-4/h5-11,14,20-21H,12-13,15H2,1-4H3/t20-,21-/m1/s1. The molecule has 2 atom stereocenters. The Kier molecular flexibility index (Phi) is 7.10. The number of rotatable bonds is 5. The van der Waals surface area contributed by atoms with Gasteiger partial charge in [-0.1, -0.05) is 41.9 Å². The fourth-order valence-corrected chi connectivity index (χ4v) is 3.39. The molecule has 3 rings (SSSR count). The molecule has 0 bridgehead atoms. The lowest BCUT2D eigenvalue weighted by Gasteiger charge is -2.37. The van der Waals surface area contributed by atoms with Gasteiger partial charge in [0.1, 0.15) is 11.7 Å². The topological polar surface area (TPSA) is 57.2 Å². The molecule has 1 aliphatic rings. The second kappa shape index (κ2) is 9.58. The highest BCUT2D eigenvalue weighted by molar-refractivity contribution is 6.30. The van der Waals surface area contributed by atoms with Crippen molar-refractivity contribution in [3.63, 3.8) is 0 Å². The predicted molar refractivity (Wildman–Crippen MR) is 115 cm³/mol. The minimum Gasteiger partial charge on any atom is -0.493 e. The van der Waals surface area contributed by atoms with E-state index in [1.165, 1.54) is 0 Å². The van der Waals surface area contributed by atoms with Crippen molar-refractivity contribution in [2.75, 3.05) is 26.8 Å². The number of carbonyl (C=O) groups is 1. The third-order valence-corrected chi connectivity index (χ3v) is 4.83. The highest BCUT2D eigenvalue weighted by Crippen LogP contribution is 2.36. The molecular weight excluding hydrogens is 406 g/mol. The Bertz CT molecular complexity index is 852. The average molecular weight is 434 g/mol. The number of ether oxygens (including phenoxy) is 4. The number of hydrogen-bond donors (Lipinski definition) is 0. The highest BCUT2D eigenvalue weighted by atomic mass is 35.5. The first-order chi connectivity index (χ1) is 14.3. The van der Waals surface area contributed by atoms with Gasteiger partial charge in [0, 0.05) is 17.6 Å². The van der Waals surface area contributed by atoms with E-state index < -0.39 is 11.7 Å². The molecule has 0 saturated carbocycles. The SMILES string of the molecule is COc1cc(Cl)ccc1O[C@H](c1ccccc1)[C@H]1CN(C(=O)OC(C)(C)C)CCO1. The zero-order chi connectivity index (χ0) is 21.7. The highest BCUT2D eigenvalue weighted by Gasteiger charge is 2.35. The second-order valence-electron chi connectivity index (χ2n) is 8.08. The molecule has 0 aliphatic carbocycles. The molecular formula is C23H28ClNO5. The van der Waals surface area contributed by atoms with Crippen LogP contribution in [0.1, 0.15) is 32.4 Å². The van der Waals surface area contributed by atoms with Crippen LogP contribution in [0.2, 0.25) is 5.02 Å². The van der Waals surface area contributed by atoms with E-state index in [1.807, 2.05) is 51.1 Å². The van der Waals surface area contributed by atoms with Crippen LogP contribution >= 0.6 is 11.6 Å². The lowest BCUT2D eigenvalue weighted by atomic mass is 10.0. The normalized spacial score (nSPS) is 17.9. The summed E-state index contributed by atoms with van der Waals surface area (Å²) in [6.07, 6.45) is -1.19. The van der Waals surface area contributed by atoms with E-state index in [0.717, 1.165) is 5.56 Å². The van der Waals surface area contributed by atoms with Crippen LogP contribution in [0.15, 0.2) is 48.5 Å². The van der Waals surface area contributed by atoms with E-state index in [2.05, 4.69) is 0 Å². The molecule has 6 nitrogen and oxygen atoms in total. The van der Waals surface area contributed by atoms with Gasteiger partial charge in [0.15, 0.2) is 17.6 Å². The molecule has 0 spiro atoms. The van der Waals surface area contributed by atoms with Crippen molar-refractivity contribution in [1.82, 2.24) is 4.90 Å². The van der Waals surface area contributed by atoms with Crippen LogP contribution in [0.5, 0.6) is 11.5 Å². The molecule has 30 heavy (non-hydrogen) atoms. The molecule has 1 aliphatic heterocycles. The Morgan fingerprint density at radius 2 is 1.90 bits per heavy atom. The Labute approximate surface area is 182 Å². The summed E-state index contributed by atoms with van der Waals surface area (Å²) in [4.78, 5) is 14.3. The number of morpholine rings is 1. The van der Waals surface area contributed by atoms with Gasteiger partial charge < -0.3 is 23.8 Å².